The van der Waals surface area contributed by atoms with E-state index < -0.39 is 23.3 Å². The molecule has 1 aromatic carbocycles. The van der Waals surface area contributed by atoms with Crippen LogP contribution in [0.15, 0.2) is 35.7 Å². The Bertz CT molecular complexity index is 1080. The molecule has 160 valence electrons. The molecule has 0 radical (unpaired) electrons. The van der Waals surface area contributed by atoms with E-state index in [2.05, 4.69) is 5.32 Å². The standard InChI is InChI=1S/C20H18N4O6S/c25-17(22-7-5-12(6-8-22)21-18(26)16-2-1-9-31-16)11-23-19(27)14-4-3-13(24(29)30)10-15(14)20(23)28/h1-4,9-10,12H,5-8,11H2,(H,21,26). The number of nitro benzene ring substituents is 1. The van der Waals surface area contributed by atoms with E-state index >= 15 is 0 Å². The van der Waals surface area contributed by atoms with Crippen molar-refractivity contribution in [2.45, 2.75) is 18.9 Å². The van der Waals surface area contributed by atoms with E-state index in [9.17, 15) is 29.3 Å². The molecule has 11 heteroatoms. The quantitative estimate of drug-likeness (QED) is 0.426. The zero-order valence-corrected chi connectivity index (χ0v) is 17.1. The molecule has 2 aromatic rings. The number of benzene rings is 1. The van der Waals surface area contributed by atoms with Crippen LogP contribution in [0.5, 0.6) is 0 Å². The molecule has 1 saturated heterocycles. The number of carbonyl (C=O) groups is 4. The van der Waals surface area contributed by atoms with E-state index in [-0.39, 0.29) is 34.7 Å². The third-order valence-electron chi connectivity index (χ3n) is 5.39. The summed E-state index contributed by atoms with van der Waals surface area (Å²) in [5.74, 6) is -1.87. The summed E-state index contributed by atoms with van der Waals surface area (Å²) >= 11 is 1.36. The highest BCUT2D eigenvalue weighted by Gasteiger charge is 2.39. The molecule has 0 unspecified atom stereocenters. The minimum Gasteiger partial charge on any atom is -0.348 e. The monoisotopic (exact) mass is 442 g/mol. The molecule has 0 atom stereocenters. The highest BCUT2D eigenvalue weighted by atomic mass is 32.1. The predicted molar refractivity (Wildman–Crippen MR) is 110 cm³/mol. The van der Waals surface area contributed by atoms with Crippen molar-refractivity contribution in [1.82, 2.24) is 15.1 Å². The number of piperidine rings is 1. The lowest BCUT2D eigenvalue weighted by molar-refractivity contribution is -0.384. The lowest BCUT2D eigenvalue weighted by Gasteiger charge is -2.33. The Hall–Kier alpha value is -3.60. The van der Waals surface area contributed by atoms with Gasteiger partial charge in [0.25, 0.3) is 23.4 Å². The number of hydrogen-bond donors (Lipinski definition) is 1. The van der Waals surface area contributed by atoms with Gasteiger partial charge in [-0.15, -0.1) is 11.3 Å². The molecule has 0 aliphatic carbocycles. The van der Waals surface area contributed by atoms with Crippen LogP contribution in [0.25, 0.3) is 0 Å². The third kappa shape index (κ3) is 4.04. The molecular formula is C20H18N4O6S. The lowest BCUT2D eigenvalue weighted by Crippen LogP contribution is -2.49. The molecule has 1 aromatic heterocycles. The van der Waals surface area contributed by atoms with Crippen molar-refractivity contribution >= 4 is 40.7 Å². The summed E-state index contributed by atoms with van der Waals surface area (Å²) in [6, 6.07) is 6.94. The predicted octanol–water partition coefficient (Wildman–Crippen LogP) is 1.67. The lowest BCUT2D eigenvalue weighted by atomic mass is 10.0. The fourth-order valence-corrected chi connectivity index (χ4v) is 4.34. The maximum Gasteiger partial charge on any atom is 0.270 e. The van der Waals surface area contributed by atoms with Crippen LogP contribution >= 0.6 is 11.3 Å². The molecule has 0 bridgehead atoms. The van der Waals surface area contributed by atoms with Crippen molar-refractivity contribution in [2.24, 2.45) is 0 Å². The van der Waals surface area contributed by atoms with Crippen LogP contribution in [0.1, 0.15) is 43.2 Å². The second-order valence-corrected chi connectivity index (χ2v) is 8.24. The molecule has 4 amide bonds. The van der Waals surface area contributed by atoms with Crippen LogP contribution in [-0.4, -0.2) is 64.0 Å². The van der Waals surface area contributed by atoms with Crippen molar-refractivity contribution in [3.05, 3.63) is 61.8 Å². The normalized spacial score (nSPS) is 16.4. The van der Waals surface area contributed by atoms with Crippen molar-refractivity contribution in [1.29, 1.82) is 0 Å². The van der Waals surface area contributed by atoms with E-state index in [0.717, 1.165) is 17.0 Å². The average Bonchev–Trinajstić information content (AvgIpc) is 3.38. The topological polar surface area (TPSA) is 130 Å². The van der Waals surface area contributed by atoms with Gasteiger partial charge in [-0.3, -0.25) is 34.2 Å². The molecule has 1 N–H and O–H groups in total. The van der Waals surface area contributed by atoms with Crippen LogP contribution in [0.4, 0.5) is 5.69 Å². The average molecular weight is 442 g/mol. The van der Waals surface area contributed by atoms with Crippen LogP contribution in [0, 0.1) is 10.1 Å². The van der Waals surface area contributed by atoms with Crippen molar-refractivity contribution in [3.63, 3.8) is 0 Å². The van der Waals surface area contributed by atoms with Crippen LogP contribution < -0.4 is 5.32 Å². The van der Waals surface area contributed by atoms with Crippen LogP contribution in [0.3, 0.4) is 0 Å². The number of carbonyl (C=O) groups excluding carboxylic acids is 4. The van der Waals surface area contributed by atoms with Crippen LogP contribution in [0.2, 0.25) is 0 Å². The third-order valence-corrected chi connectivity index (χ3v) is 6.25. The highest BCUT2D eigenvalue weighted by molar-refractivity contribution is 7.12. The first-order valence-corrected chi connectivity index (χ1v) is 10.5. The number of amides is 4. The van der Waals surface area contributed by atoms with Gasteiger partial charge in [0.15, 0.2) is 0 Å². The number of nitrogens with zero attached hydrogens (tertiary/aromatic N) is 3. The van der Waals surface area contributed by atoms with Gasteiger partial charge < -0.3 is 10.2 Å². The molecule has 10 nitrogen and oxygen atoms in total. The first-order chi connectivity index (χ1) is 14.8. The number of thiophene rings is 1. The SMILES string of the molecule is O=C(NC1CCN(C(=O)CN2C(=O)c3ccc([N+](=O)[O-])cc3C2=O)CC1)c1cccs1. The number of nitro groups is 1. The summed E-state index contributed by atoms with van der Waals surface area (Å²) in [5, 5.41) is 15.7. The summed E-state index contributed by atoms with van der Waals surface area (Å²) in [4.78, 5) is 63.2. The van der Waals surface area contributed by atoms with Crippen LogP contribution in [-0.2, 0) is 4.79 Å². The number of nitrogens with one attached hydrogen (secondary N) is 1. The maximum atomic E-state index is 12.7. The molecule has 2 aliphatic rings. The fraction of sp³-hybridized carbons (Fsp3) is 0.300. The van der Waals surface area contributed by atoms with Gasteiger partial charge in [-0.2, -0.15) is 0 Å². The largest absolute Gasteiger partial charge is 0.348 e. The van der Waals surface area contributed by atoms with Gasteiger partial charge in [0.2, 0.25) is 5.91 Å². The maximum absolute atomic E-state index is 12.7. The van der Waals surface area contributed by atoms with Gasteiger partial charge in [-0.05, 0) is 30.4 Å². The molecular weight excluding hydrogens is 424 g/mol. The first-order valence-electron chi connectivity index (χ1n) is 9.62. The molecule has 1 fully saturated rings. The summed E-state index contributed by atoms with van der Waals surface area (Å²) in [6.45, 7) is 0.359. The molecule has 0 saturated carbocycles. The Morgan fingerprint density at radius 2 is 1.84 bits per heavy atom. The zero-order valence-electron chi connectivity index (χ0n) is 16.3. The highest BCUT2D eigenvalue weighted by Crippen LogP contribution is 2.27. The van der Waals surface area contributed by atoms with Crippen molar-refractivity contribution < 1.29 is 24.1 Å². The molecule has 3 heterocycles. The Kier molecular flexibility index (Phi) is 5.51. The van der Waals surface area contributed by atoms with E-state index in [1.165, 1.54) is 17.4 Å². The first kappa shape index (κ1) is 20.7. The van der Waals surface area contributed by atoms with Gasteiger partial charge in [0.05, 0.1) is 20.9 Å². The van der Waals surface area contributed by atoms with E-state index in [1.807, 2.05) is 5.38 Å². The second kappa shape index (κ2) is 8.26. The number of likely N-dealkylation sites (tertiary alicyclic amines) is 1. The van der Waals surface area contributed by atoms with E-state index in [0.29, 0.717) is 30.8 Å². The number of imide groups is 1. The molecule has 0 spiro atoms. The minimum atomic E-state index is -0.713. The summed E-state index contributed by atoms with van der Waals surface area (Å²) in [6.07, 6.45) is 1.13. The second-order valence-electron chi connectivity index (χ2n) is 7.29. The van der Waals surface area contributed by atoms with Gasteiger partial charge in [-0.1, -0.05) is 6.07 Å². The summed E-state index contributed by atoms with van der Waals surface area (Å²) < 4.78 is 0. The van der Waals surface area contributed by atoms with Crippen molar-refractivity contribution in [3.8, 4) is 0 Å². The van der Waals surface area contributed by atoms with Gasteiger partial charge >= 0.3 is 0 Å². The number of non-ortho nitro benzene ring substituents is 1. The smallest absolute Gasteiger partial charge is 0.270 e. The Morgan fingerprint density at radius 3 is 2.48 bits per heavy atom. The summed E-state index contributed by atoms with van der Waals surface area (Å²) in [5.41, 5.74) is -0.305. The number of hydrogen-bond acceptors (Lipinski definition) is 7. The molecule has 2 aliphatic heterocycles. The zero-order chi connectivity index (χ0) is 22.1. The van der Waals surface area contributed by atoms with Gasteiger partial charge in [-0.25, -0.2) is 0 Å². The van der Waals surface area contributed by atoms with Gasteiger partial charge in [0.1, 0.15) is 6.54 Å². The summed E-state index contributed by atoms with van der Waals surface area (Å²) in [7, 11) is 0. The Labute approximate surface area is 180 Å². The molecule has 31 heavy (non-hydrogen) atoms. The molecule has 4 rings (SSSR count). The van der Waals surface area contributed by atoms with Crippen molar-refractivity contribution in [2.75, 3.05) is 19.6 Å². The number of fused-ring (bicyclic) bond motifs is 1. The Balaban J connectivity index is 1.34. The van der Waals surface area contributed by atoms with E-state index in [4.69, 9.17) is 0 Å². The van der Waals surface area contributed by atoms with E-state index in [1.54, 1.807) is 17.0 Å². The number of rotatable bonds is 5. The van der Waals surface area contributed by atoms with Gasteiger partial charge in [0, 0.05) is 31.3 Å². The Morgan fingerprint density at radius 1 is 1.13 bits per heavy atom. The fourth-order valence-electron chi connectivity index (χ4n) is 3.71. The minimum absolute atomic E-state index is 0.0541.